The molecular formula is C25H19N3O5. The third-order valence-electron chi connectivity index (χ3n) is 5.12. The molecule has 0 unspecified atom stereocenters. The van der Waals surface area contributed by atoms with Crippen LogP contribution < -0.4 is 16.2 Å². The summed E-state index contributed by atoms with van der Waals surface area (Å²) < 4.78 is 0. The second kappa shape index (κ2) is 8.72. The molecule has 0 bridgehead atoms. The number of carboxylic acid groups (broad SMARTS) is 2. The zero-order valence-electron chi connectivity index (χ0n) is 17.2. The SMILES string of the molecule is Nc1[nH]c(=O)c(C(=O)O)c(-c2ccc(N(c3ccccc3)c3ccccc3)cc2)c1C(=O)O. The molecule has 4 aromatic rings. The highest BCUT2D eigenvalue weighted by atomic mass is 16.4. The van der Waals surface area contributed by atoms with Gasteiger partial charge < -0.3 is 25.8 Å². The van der Waals surface area contributed by atoms with Crippen LogP contribution in [0.3, 0.4) is 0 Å². The maximum atomic E-state index is 12.3. The molecule has 1 aromatic heterocycles. The van der Waals surface area contributed by atoms with E-state index in [9.17, 15) is 24.6 Å². The molecule has 4 rings (SSSR count). The predicted molar refractivity (Wildman–Crippen MR) is 126 cm³/mol. The van der Waals surface area contributed by atoms with Gasteiger partial charge in [-0.1, -0.05) is 48.5 Å². The number of aromatic nitrogens is 1. The van der Waals surface area contributed by atoms with E-state index in [0.29, 0.717) is 0 Å². The summed E-state index contributed by atoms with van der Waals surface area (Å²) in [5.41, 5.74) is 6.15. The summed E-state index contributed by atoms with van der Waals surface area (Å²) in [7, 11) is 0. The first-order valence-corrected chi connectivity index (χ1v) is 9.91. The number of pyridine rings is 1. The molecule has 0 atom stereocenters. The Kier molecular flexibility index (Phi) is 5.65. The van der Waals surface area contributed by atoms with Gasteiger partial charge in [0.15, 0.2) is 0 Å². The van der Waals surface area contributed by atoms with Crippen molar-refractivity contribution in [3.05, 3.63) is 106 Å². The molecule has 0 saturated carbocycles. The van der Waals surface area contributed by atoms with E-state index >= 15 is 0 Å². The van der Waals surface area contributed by atoms with Crippen molar-refractivity contribution in [3.63, 3.8) is 0 Å². The van der Waals surface area contributed by atoms with Gasteiger partial charge in [0.2, 0.25) is 0 Å². The maximum Gasteiger partial charge on any atom is 0.342 e. The third kappa shape index (κ3) is 4.05. The first-order valence-electron chi connectivity index (χ1n) is 9.91. The molecule has 3 aromatic carbocycles. The number of para-hydroxylation sites is 2. The Morgan fingerprint density at radius 3 is 1.61 bits per heavy atom. The Morgan fingerprint density at radius 1 is 0.697 bits per heavy atom. The largest absolute Gasteiger partial charge is 0.478 e. The fourth-order valence-corrected chi connectivity index (χ4v) is 3.71. The third-order valence-corrected chi connectivity index (χ3v) is 5.12. The molecule has 0 spiro atoms. The summed E-state index contributed by atoms with van der Waals surface area (Å²) in [6, 6.07) is 25.9. The van der Waals surface area contributed by atoms with Crippen molar-refractivity contribution in [3.8, 4) is 11.1 Å². The molecule has 164 valence electrons. The summed E-state index contributed by atoms with van der Waals surface area (Å²) in [5, 5.41) is 19.2. The molecule has 0 aliphatic rings. The van der Waals surface area contributed by atoms with Crippen LogP contribution in [-0.2, 0) is 0 Å². The van der Waals surface area contributed by atoms with Crippen molar-refractivity contribution in [1.29, 1.82) is 0 Å². The van der Waals surface area contributed by atoms with Crippen LogP contribution in [0.1, 0.15) is 20.7 Å². The highest BCUT2D eigenvalue weighted by Crippen LogP contribution is 2.36. The molecule has 8 heteroatoms. The minimum Gasteiger partial charge on any atom is -0.478 e. The van der Waals surface area contributed by atoms with Gasteiger partial charge in [-0.25, -0.2) is 9.59 Å². The van der Waals surface area contributed by atoms with Gasteiger partial charge in [-0.15, -0.1) is 0 Å². The number of rotatable bonds is 6. The molecule has 0 fully saturated rings. The number of hydrogen-bond donors (Lipinski definition) is 4. The first-order chi connectivity index (χ1) is 15.9. The highest BCUT2D eigenvalue weighted by molar-refractivity contribution is 6.07. The number of nitrogens with two attached hydrogens (primary N) is 1. The Balaban J connectivity index is 1.89. The number of nitrogen functional groups attached to an aromatic ring is 1. The maximum absolute atomic E-state index is 12.3. The molecule has 8 nitrogen and oxygen atoms in total. The van der Waals surface area contributed by atoms with Crippen LogP contribution in [-0.4, -0.2) is 27.1 Å². The van der Waals surface area contributed by atoms with Gasteiger partial charge in [-0.2, -0.15) is 0 Å². The topological polar surface area (TPSA) is 137 Å². The van der Waals surface area contributed by atoms with E-state index in [-0.39, 0.29) is 11.1 Å². The van der Waals surface area contributed by atoms with Crippen molar-refractivity contribution >= 4 is 34.8 Å². The smallest absolute Gasteiger partial charge is 0.342 e. The molecule has 33 heavy (non-hydrogen) atoms. The van der Waals surface area contributed by atoms with E-state index in [1.54, 1.807) is 24.3 Å². The Bertz CT molecular complexity index is 1340. The van der Waals surface area contributed by atoms with Crippen molar-refractivity contribution in [2.75, 3.05) is 10.6 Å². The van der Waals surface area contributed by atoms with E-state index in [1.807, 2.05) is 65.6 Å². The number of carboxylic acids is 2. The lowest BCUT2D eigenvalue weighted by atomic mass is 9.95. The lowest BCUT2D eigenvalue weighted by Crippen LogP contribution is -2.24. The van der Waals surface area contributed by atoms with Crippen LogP contribution in [0.4, 0.5) is 22.9 Å². The van der Waals surface area contributed by atoms with Crippen molar-refractivity contribution in [2.24, 2.45) is 0 Å². The number of anilines is 4. The van der Waals surface area contributed by atoms with Gasteiger partial charge in [-0.05, 0) is 42.0 Å². The fraction of sp³-hybridized carbons (Fsp3) is 0. The minimum atomic E-state index is -1.55. The molecule has 1 heterocycles. The highest BCUT2D eigenvalue weighted by Gasteiger charge is 2.26. The lowest BCUT2D eigenvalue weighted by Gasteiger charge is -2.25. The number of benzene rings is 3. The van der Waals surface area contributed by atoms with Gasteiger partial charge in [-0.3, -0.25) is 4.79 Å². The zero-order chi connectivity index (χ0) is 23.5. The van der Waals surface area contributed by atoms with Crippen LogP contribution in [0.15, 0.2) is 89.7 Å². The van der Waals surface area contributed by atoms with Crippen molar-refractivity contribution in [2.45, 2.75) is 0 Å². The van der Waals surface area contributed by atoms with Crippen molar-refractivity contribution < 1.29 is 19.8 Å². The van der Waals surface area contributed by atoms with E-state index in [4.69, 9.17) is 5.73 Å². The average molecular weight is 441 g/mol. The first kappa shape index (κ1) is 21.4. The van der Waals surface area contributed by atoms with Gasteiger partial charge in [0.05, 0.1) is 0 Å². The molecular weight excluding hydrogens is 422 g/mol. The molecule has 0 aliphatic heterocycles. The summed E-state index contributed by atoms with van der Waals surface area (Å²) >= 11 is 0. The number of aromatic carboxylic acids is 2. The number of nitrogens with zero attached hydrogens (tertiary/aromatic N) is 1. The number of aromatic amines is 1. The zero-order valence-corrected chi connectivity index (χ0v) is 17.2. The summed E-state index contributed by atoms with van der Waals surface area (Å²) in [4.78, 5) is 40.0. The Hall–Kier alpha value is -4.85. The molecule has 0 saturated heterocycles. The second-order valence-electron chi connectivity index (χ2n) is 7.16. The predicted octanol–water partition coefficient (Wildman–Crippen LogP) is 4.49. The second-order valence-corrected chi connectivity index (χ2v) is 7.16. The molecule has 0 aliphatic carbocycles. The molecule has 5 N–H and O–H groups in total. The standard InChI is InChI=1S/C25H19N3O5/c26-22-20(24(30)31)19(21(25(32)33)23(29)27-22)15-11-13-18(14-12-15)28(16-7-3-1-4-8-16)17-9-5-2-6-10-17/h1-14H,(H,30,31)(H,32,33)(H3,26,27,29). The van der Waals surface area contributed by atoms with Crippen LogP contribution >= 0.6 is 0 Å². The van der Waals surface area contributed by atoms with Gasteiger partial charge in [0, 0.05) is 22.6 Å². The van der Waals surface area contributed by atoms with Gasteiger partial charge >= 0.3 is 11.9 Å². The quantitative estimate of drug-likeness (QED) is 0.346. The molecule has 0 radical (unpaired) electrons. The average Bonchev–Trinajstić information content (AvgIpc) is 2.80. The van der Waals surface area contributed by atoms with E-state index in [2.05, 4.69) is 4.98 Å². The number of carbonyl (C=O) groups is 2. The van der Waals surface area contributed by atoms with Crippen LogP contribution in [0.5, 0.6) is 0 Å². The minimum absolute atomic E-state index is 0.242. The Morgan fingerprint density at radius 2 is 1.15 bits per heavy atom. The van der Waals surface area contributed by atoms with E-state index in [0.717, 1.165) is 17.1 Å². The monoisotopic (exact) mass is 441 g/mol. The van der Waals surface area contributed by atoms with E-state index < -0.39 is 34.4 Å². The Labute approximate surface area is 188 Å². The summed E-state index contributed by atoms with van der Waals surface area (Å²) in [5.74, 6) is -3.40. The van der Waals surface area contributed by atoms with Crippen molar-refractivity contribution in [1.82, 2.24) is 4.98 Å². The van der Waals surface area contributed by atoms with Gasteiger partial charge in [0.25, 0.3) is 5.56 Å². The van der Waals surface area contributed by atoms with Gasteiger partial charge in [0.1, 0.15) is 16.9 Å². The number of nitrogens with one attached hydrogen (secondary N) is 1. The number of hydrogen-bond acceptors (Lipinski definition) is 5. The normalized spacial score (nSPS) is 10.5. The van der Waals surface area contributed by atoms with Crippen LogP contribution in [0.25, 0.3) is 11.1 Å². The van der Waals surface area contributed by atoms with Crippen LogP contribution in [0.2, 0.25) is 0 Å². The number of H-pyrrole nitrogens is 1. The van der Waals surface area contributed by atoms with Crippen LogP contribution in [0, 0.1) is 0 Å². The summed E-state index contributed by atoms with van der Waals surface area (Å²) in [6.45, 7) is 0. The summed E-state index contributed by atoms with van der Waals surface area (Å²) in [6.07, 6.45) is 0. The van der Waals surface area contributed by atoms with E-state index in [1.165, 1.54) is 0 Å². The lowest BCUT2D eigenvalue weighted by molar-refractivity contribution is 0.0695. The fourth-order valence-electron chi connectivity index (χ4n) is 3.71. The molecule has 0 amide bonds.